The summed E-state index contributed by atoms with van der Waals surface area (Å²) in [6.07, 6.45) is 0. The number of rotatable bonds is 3. The SMILES string of the molecule is CC(CCl)NC(=O)c1ccc(Cl)c(Cl)c1. The highest BCUT2D eigenvalue weighted by molar-refractivity contribution is 6.42. The van der Waals surface area contributed by atoms with Crippen LogP contribution in [0.2, 0.25) is 10.0 Å². The van der Waals surface area contributed by atoms with Crippen molar-refractivity contribution in [3.8, 4) is 0 Å². The van der Waals surface area contributed by atoms with Crippen LogP contribution in [0.1, 0.15) is 17.3 Å². The molecule has 1 N–H and O–H groups in total. The maximum Gasteiger partial charge on any atom is 0.251 e. The molecule has 5 heteroatoms. The minimum atomic E-state index is -0.207. The Bertz CT molecular complexity index is 368. The number of benzene rings is 1. The molecule has 1 aromatic rings. The molecule has 1 aromatic carbocycles. The van der Waals surface area contributed by atoms with Gasteiger partial charge in [0.15, 0.2) is 0 Å². The highest BCUT2D eigenvalue weighted by Crippen LogP contribution is 2.22. The number of amides is 1. The van der Waals surface area contributed by atoms with Gasteiger partial charge in [-0.3, -0.25) is 4.79 Å². The van der Waals surface area contributed by atoms with Crippen LogP contribution in [0, 0.1) is 0 Å². The number of carbonyl (C=O) groups excluding carboxylic acids is 1. The molecule has 0 saturated heterocycles. The van der Waals surface area contributed by atoms with Crippen LogP contribution in [0.3, 0.4) is 0 Å². The maximum atomic E-state index is 11.6. The minimum absolute atomic E-state index is 0.0754. The first kappa shape index (κ1) is 12.6. The van der Waals surface area contributed by atoms with Gasteiger partial charge in [-0.2, -0.15) is 0 Å². The van der Waals surface area contributed by atoms with Crippen molar-refractivity contribution < 1.29 is 4.79 Å². The average molecular weight is 267 g/mol. The molecule has 0 aliphatic heterocycles. The van der Waals surface area contributed by atoms with Crippen molar-refractivity contribution in [3.63, 3.8) is 0 Å². The summed E-state index contributed by atoms with van der Waals surface area (Å²) in [4.78, 5) is 11.6. The Hall–Kier alpha value is -0.440. The maximum absolute atomic E-state index is 11.6. The van der Waals surface area contributed by atoms with Crippen LogP contribution in [0.5, 0.6) is 0 Å². The fraction of sp³-hybridized carbons (Fsp3) is 0.300. The van der Waals surface area contributed by atoms with Gasteiger partial charge in [0.05, 0.1) is 10.0 Å². The Balaban J connectivity index is 2.78. The summed E-state index contributed by atoms with van der Waals surface area (Å²) in [5, 5.41) is 3.51. The molecule has 0 saturated carbocycles. The molecule has 0 aromatic heterocycles. The van der Waals surface area contributed by atoms with Crippen LogP contribution in [-0.4, -0.2) is 17.8 Å². The Morgan fingerprint density at radius 2 is 2.07 bits per heavy atom. The smallest absolute Gasteiger partial charge is 0.251 e. The fourth-order valence-corrected chi connectivity index (χ4v) is 1.36. The highest BCUT2D eigenvalue weighted by Gasteiger charge is 2.10. The van der Waals surface area contributed by atoms with E-state index in [1.165, 1.54) is 6.07 Å². The fourth-order valence-electron chi connectivity index (χ4n) is 0.983. The molecule has 15 heavy (non-hydrogen) atoms. The van der Waals surface area contributed by atoms with Gasteiger partial charge in [0.2, 0.25) is 0 Å². The average Bonchev–Trinajstić information content (AvgIpc) is 2.21. The van der Waals surface area contributed by atoms with Crippen LogP contribution < -0.4 is 5.32 Å². The summed E-state index contributed by atoms with van der Waals surface area (Å²) in [5.41, 5.74) is 0.473. The van der Waals surface area contributed by atoms with Crippen LogP contribution >= 0.6 is 34.8 Å². The van der Waals surface area contributed by atoms with E-state index in [4.69, 9.17) is 34.8 Å². The monoisotopic (exact) mass is 265 g/mol. The van der Waals surface area contributed by atoms with Crippen molar-refractivity contribution in [1.82, 2.24) is 5.32 Å². The first-order chi connectivity index (χ1) is 7.04. The topological polar surface area (TPSA) is 29.1 Å². The molecule has 0 aliphatic rings. The van der Waals surface area contributed by atoms with Crippen LogP contribution in [-0.2, 0) is 0 Å². The zero-order valence-corrected chi connectivity index (χ0v) is 10.3. The Labute approximate surface area is 104 Å². The summed E-state index contributed by atoms with van der Waals surface area (Å²) in [6, 6.07) is 4.66. The van der Waals surface area contributed by atoms with Gasteiger partial charge in [-0.15, -0.1) is 11.6 Å². The zero-order valence-electron chi connectivity index (χ0n) is 8.06. The third kappa shape index (κ3) is 3.56. The van der Waals surface area contributed by atoms with Gasteiger partial charge in [0.1, 0.15) is 0 Å². The molecule has 1 atom stereocenters. The first-order valence-electron chi connectivity index (χ1n) is 4.36. The van der Waals surface area contributed by atoms with Crippen molar-refractivity contribution in [2.24, 2.45) is 0 Å². The third-order valence-electron chi connectivity index (χ3n) is 1.79. The predicted molar refractivity (Wildman–Crippen MR) is 64.1 cm³/mol. The second-order valence-electron chi connectivity index (χ2n) is 3.16. The van der Waals surface area contributed by atoms with E-state index < -0.39 is 0 Å². The van der Waals surface area contributed by atoms with Crippen molar-refractivity contribution in [2.45, 2.75) is 13.0 Å². The number of halogens is 3. The molecule has 82 valence electrons. The quantitative estimate of drug-likeness (QED) is 0.835. The van der Waals surface area contributed by atoms with Gasteiger partial charge in [0, 0.05) is 17.5 Å². The van der Waals surface area contributed by atoms with Gasteiger partial charge in [-0.25, -0.2) is 0 Å². The number of alkyl halides is 1. The number of carbonyl (C=O) groups is 1. The molecule has 0 fully saturated rings. The molecular formula is C10H10Cl3NO. The summed E-state index contributed by atoms with van der Waals surface area (Å²) in [7, 11) is 0. The lowest BCUT2D eigenvalue weighted by molar-refractivity contribution is 0.0943. The molecular weight excluding hydrogens is 256 g/mol. The minimum Gasteiger partial charge on any atom is -0.348 e. The molecule has 1 rings (SSSR count). The largest absolute Gasteiger partial charge is 0.348 e. The first-order valence-corrected chi connectivity index (χ1v) is 5.65. The van der Waals surface area contributed by atoms with Gasteiger partial charge in [-0.05, 0) is 25.1 Å². The van der Waals surface area contributed by atoms with Gasteiger partial charge < -0.3 is 5.32 Å². The lowest BCUT2D eigenvalue weighted by Gasteiger charge is -2.10. The van der Waals surface area contributed by atoms with Crippen molar-refractivity contribution >= 4 is 40.7 Å². The van der Waals surface area contributed by atoms with E-state index in [0.29, 0.717) is 21.5 Å². The van der Waals surface area contributed by atoms with E-state index in [1.807, 2.05) is 6.92 Å². The van der Waals surface area contributed by atoms with Gasteiger partial charge in [0.25, 0.3) is 5.91 Å². The zero-order chi connectivity index (χ0) is 11.4. The highest BCUT2D eigenvalue weighted by atomic mass is 35.5. The Kier molecular flexibility index (Phi) is 4.71. The number of hydrogen-bond acceptors (Lipinski definition) is 1. The standard InChI is InChI=1S/C10H10Cl3NO/c1-6(5-11)14-10(15)7-2-3-8(12)9(13)4-7/h2-4,6H,5H2,1H3,(H,14,15). The van der Waals surface area contributed by atoms with E-state index in [1.54, 1.807) is 12.1 Å². The lowest BCUT2D eigenvalue weighted by Crippen LogP contribution is -2.33. The molecule has 0 spiro atoms. The van der Waals surface area contributed by atoms with Crippen molar-refractivity contribution in [2.75, 3.05) is 5.88 Å². The second kappa shape index (κ2) is 5.59. The summed E-state index contributed by atoms with van der Waals surface area (Å²) >= 11 is 17.1. The molecule has 2 nitrogen and oxygen atoms in total. The summed E-state index contributed by atoms with van der Waals surface area (Å²) in [6.45, 7) is 1.82. The van der Waals surface area contributed by atoms with E-state index in [0.717, 1.165) is 0 Å². The number of nitrogens with one attached hydrogen (secondary N) is 1. The van der Waals surface area contributed by atoms with Crippen molar-refractivity contribution in [1.29, 1.82) is 0 Å². The second-order valence-corrected chi connectivity index (χ2v) is 4.28. The molecule has 0 aliphatic carbocycles. The molecule has 0 bridgehead atoms. The molecule has 1 unspecified atom stereocenters. The molecule has 0 radical (unpaired) electrons. The molecule has 0 heterocycles. The van der Waals surface area contributed by atoms with E-state index in [2.05, 4.69) is 5.32 Å². The van der Waals surface area contributed by atoms with Crippen LogP contribution in [0.25, 0.3) is 0 Å². The third-order valence-corrected chi connectivity index (χ3v) is 2.99. The van der Waals surface area contributed by atoms with E-state index in [-0.39, 0.29) is 11.9 Å². The van der Waals surface area contributed by atoms with Gasteiger partial charge >= 0.3 is 0 Å². The van der Waals surface area contributed by atoms with E-state index >= 15 is 0 Å². The van der Waals surface area contributed by atoms with Gasteiger partial charge in [-0.1, -0.05) is 23.2 Å². The normalized spacial score (nSPS) is 12.3. The van der Waals surface area contributed by atoms with Crippen LogP contribution in [0.4, 0.5) is 0 Å². The Morgan fingerprint density at radius 3 is 2.60 bits per heavy atom. The van der Waals surface area contributed by atoms with Crippen molar-refractivity contribution in [3.05, 3.63) is 33.8 Å². The number of hydrogen-bond donors (Lipinski definition) is 1. The van der Waals surface area contributed by atoms with E-state index in [9.17, 15) is 4.79 Å². The summed E-state index contributed by atoms with van der Waals surface area (Å²) in [5.74, 6) is 0.161. The predicted octanol–water partition coefficient (Wildman–Crippen LogP) is 3.35. The molecule has 1 amide bonds. The Morgan fingerprint density at radius 1 is 1.40 bits per heavy atom. The lowest BCUT2D eigenvalue weighted by atomic mass is 10.2. The summed E-state index contributed by atoms with van der Waals surface area (Å²) < 4.78 is 0. The van der Waals surface area contributed by atoms with Crippen LogP contribution in [0.15, 0.2) is 18.2 Å².